The number of hydrazone groups is 1. The fourth-order valence-electron chi connectivity index (χ4n) is 2.45. The highest BCUT2D eigenvalue weighted by atomic mass is 19.4. The Morgan fingerprint density at radius 1 is 1.19 bits per heavy atom. The van der Waals surface area contributed by atoms with Crippen molar-refractivity contribution in [3.63, 3.8) is 0 Å². The summed E-state index contributed by atoms with van der Waals surface area (Å²) in [5.41, 5.74) is -3.37. The average Bonchev–Trinajstić information content (AvgIpc) is 3.22. The van der Waals surface area contributed by atoms with E-state index in [-0.39, 0.29) is 5.56 Å². The third-order valence-electron chi connectivity index (χ3n) is 3.91. The molecular formula is C18H10F7N5O2. The van der Waals surface area contributed by atoms with Crippen molar-refractivity contribution in [2.24, 2.45) is 5.10 Å². The molecule has 1 aromatic carbocycles. The molecule has 0 aliphatic rings. The van der Waals surface area contributed by atoms with Crippen LogP contribution in [0.1, 0.15) is 33.9 Å². The van der Waals surface area contributed by atoms with Gasteiger partial charge >= 0.3 is 12.6 Å². The summed E-state index contributed by atoms with van der Waals surface area (Å²) >= 11 is 0. The standard InChI is InChI=1S/C18H10F7N5O2/c1-30(17(31)9-3-2-4-26-13(9)18(23,24)25)27-7-10-11(19)5-8(6-12(10)20)15-28-29-16(32-15)14(21)22/h2-7,14H,1H3/b27-7+. The number of amides is 1. The Bertz CT molecular complexity index is 1150. The van der Waals surface area contributed by atoms with E-state index in [0.717, 1.165) is 25.4 Å². The van der Waals surface area contributed by atoms with Gasteiger partial charge in [-0.05, 0) is 24.3 Å². The SMILES string of the molecule is CN(/N=C/c1c(F)cc(-c2nnc(C(F)F)o2)cc1F)C(=O)c1cccnc1C(F)(F)F. The number of hydrogen-bond acceptors (Lipinski definition) is 6. The van der Waals surface area contributed by atoms with Crippen molar-refractivity contribution < 1.29 is 39.9 Å². The first-order chi connectivity index (χ1) is 15.0. The molecule has 0 fully saturated rings. The van der Waals surface area contributed by atoms with Gasteiger partial charge in [-0.3, -0.25) is 9.78 Å². The van der Waals surface area contributed by atoms with Gasteiger partial charge in [-0.1, -0.05) is 0 Å². The number of carbonyl (C=O) groups is 1. The van der Waals surface area contributed by atoms with Gasteiger partial charge in [-0.15, -0.1) is 10.2 Å². The van der Waals surface area contributed by atoms with Crippen LogP contribution < -0.4 is 0 Å². The van der Waals surface area contributed by atoms with Gasteiger partial charge in [0.05, 0.1) is 17.3 Å². The van der Waals surface area contributed by atoms with Gasteiger partial charge in [0, 0.05) is 18.8 Å². The van der Waals surface area contributed by atoms with Crippen molar-refractivity contribution in [3.8, 4) is 11.5 Å². The van der Waals surface area contributed by atoms with Crippen molar-refractivity contribution in [2.75, 3.05) is 7.05 Å². The number of benzene rings is 1. The van der Waals surface area contributed by atoms with Crippen LogP contribution in [0.3, 0.4) is 0 Å². The smallest absolute Gasteiger partial charge is 0.415 e. The van der Waals surface area contributed by atoms with Crippen LogP contribution in [0.2, 0.25) is 0 Å². The summed E-state index contributed by atoms with van der Waals surface area (Å²) in [7, 11) is 0.973. The Morgan fingerprint density at radius 3 is 2.41 bits per heavy atom. The van der Waals surface area contributed by atoms with E-state index in [1.54, 1.807) is 0 Å². The Morgan fingerprint density at radius 2 is 1.84 bits per heavy atom. The number of nitrogens with zero attached hydrogens (tertiary/aromatic N) is 5. The monoisotopic (exact) mass is 461 g/mol. The maximum atomic E-state index is 14.3. The van der Waals surface area contributed by atoms with Gasteiger partial charge in [-0.25, -0.2) is 13.8 Å². The third kappa shape index (κ3) is 4.73. The molecule has 168 valence electrons. The molecule has 0 spiro atoms. The van der Waals surface area contributed by atoms with E-state index >= 15 is 0 Å². The Labute approximate surface area is 174 Å². The summed E-state index contributed by atoms with van der Waals surface area (Å²) in [5, 5.41) is 10.2. The molecule has 1 amide bonds. The second-order valence-corrected chi connectivity index (χ2v) is 6.07. The molecule has 32 heavy (non-hydrogen) atoms. The van der Waals surface area contributed by atoms with E-state index in [9.17, 15) is 35.5 Å². The van der Waals surface area contributed by atoms with E-state index in [1.807, 2.05) is 0 Å². The molecule has 3 rings (SSSR count). The van der Waals surface area contributed by atoms with Gasteiger partial charge < -0.3 is 4.42 Å². The zero-order valence-electron chi connectivity index (χ0n) is 15.7. The lowest BCUT2D eigenvalue weighted by Gasteiger charge is -2.15. The van der Waals surface area contributed by atoms with E-state index in [0.29, 0.717) is 23.4 Å². The Kier molecular flexibility index (Phi) is 6.23. The number of alkyl halides is 5. The fraction of sp³-hybridized carbons (Fsp3) is 0.167. The molecule has 0 aliphatic heterocycles. The number of carbonyl (C=O) groups excluding carboxylic acids is 1. The predicted molar refractivity (Wildman–Crippen MR) is 93.5 cm³/mol. The van der Waals surface area contributed by atoms with Crippen molar-refractivity contribution in [1.82, 2.24) is 20.2 Å². The number of pyridine rings is 1. The molecule has 3 aromatic rings. The van der Waals surface area contributed by atoms with Crippen LogP contribution >= 0.6 is 0 Å². The maximum absolute atomic E-state index is 14.3. The number of rotatable bonds is 5. The minimum Gasteiger partial charge on any atom is -0.415 e. The summed E-state index contributed by atoms with van der Waals surface area (Å²) in [6.45, 7) is 0. The molecule has 14 heteroatoms. The number of halogens is 7. The molecule has 0 saturated carbocycles. The van der Waals surface area contributed by atoms with E-state index in [2.05, 4.69) is 24.7 Å². The minimum atomic E-state index is -4.91. The summed E-state index contributed by atoms with van der Waals surface area (Å²) in [6.07, 6.45) is -6.58. The maximum Gasteiger partial charge on any atom is 0.434 e. The molecule has 0 saturated heterocycles. The third-order valence-corrected chi connectivity index (χ3v) is 3.91. The number of hydrogen-bond donors (Lipinski definition) is 0. The molecule has 0 N–H and O–H groups in total. The van der Waals surface area contributed by atoms with Gasteiger partial charge in [0.15, 0.2) is 5.69 Å². The highest BCUT2D eigenvalue weighted by Gasteiger charge is 2.37. The lowest BCUT2D eigenvalue weighted by Crippen LogP contribution is -2.25. The second kappa shape index (κ2) is 8.72. The van der Waals surface area contributed by atoms with Gasteiger partial charge in [0.2, 0.25) is 5.89 Å². The Balaban J connectivity index is 1.86. The molecule has 0 radical (unpaired) electrons. The topological polar surface area (TPSA) is 84.5 Å². The van der Waals surface area contributed by atoms with Crippen LogP contribution in [-0.4, -0.2) is 39.4 Å². The Hall–Kier alpha value is -3.84. The highest BCUT2D eigenvalue weighted by molar-refractivity contribution is 5.96. The van der Waals surface area contributed by atoms with Crippen LogP contribution in [0, 0.1) is 11.6 Å². The second-order valence-electron chi connectivity index (χ2n) is 6.07. The molecule has 2 aromatic heterocycles. The van der Waals surface area contributed by atoms with Crippen molar-refractivity contribution in [2.45, 2.75) is 12.6 Å². The van der Waals surface area contributed by atoms with E-state index < -0.39 is 58.7 Å². The minimum absolute atomic E-state index is 0.342. The lowest BCUT2D eigenvalue weighted by molar-refractivity contribution is -0.141. The van der Waals surface area contributed by atoms with Crippen LogP contribution in [0.15, 0.2) is 40.0 Å². The van der Waals surface area contributed by atoms with Crippen LogP contribution in [-0.2, 0) is 6.18 Å². The molecule has 0 unspecified atom stereocenters. The fourth-order valence-corrected chi connectivity index (χ4v) is 2.45. The lowest BCUT2D eigenvalue weighted by atomic mass is 10.1. The normalized spacial score (nSPS) is 12.0. The first kappa shape index (κ1) is 22.8. The molecule has 7 nitrogen and oxygen atoms in total. The molecule has 2 heterocycles. The van der Waals surface area contributed by atoms with Crippen molar-refractivity contribution in [1.29, 1.82) is 0 Å². The van der Waals surface area contributed by atoms with Crippen LogP contribution in [0.5, 0.6) is 0 Å². The molecule has 0 atom stereocenters. The highest BCUT2D eigenvalue weighted by Crippen LogP contribution is 2.30. The summed E-state index contributed by atoms with van der Waals surface area (Å²) in [5.74, 6) is -5.31. The van der Waals surface area contributed by atoms with Gasteiger partial charge in [-0.2, -0.15) is 27.1 Å². The van der Waals surface area contributed by atoms with E-state index in [4.69, 9.17) is 0 Å². The van der Waals surface area contributed by atoms with Crippen LogP contribution in [0.4, 0.5) is 30.7 Å². The summed E-state index contributed by atoms with van der Waals surface area (Å²) < 4.78 is 97.4. The van der Waals surface area contributed by atoms with Crippen molar-refractivity contribution in [3.05, 3.63) is 64.8 Å². The zero-order valence-corrected chi connectivity index (χ0v) is 15.7. The molecule has 0 bridgehead atoms. The zero-order chi connectivity index (χ0) is 23.6. The first-order valence-corrected chi connectivity index (χ1v) is 8.44. The van der Waals surface area contributed by atoms with Crippen molar-refractivity contribution >= 4 is 12.1 Å². The summed E-state index contributed by atoms with van der Waals surface area (Å²) in [6, 6.07) is 3.36. The predicted octanol–water partition coefficient (Wildman–Crippen LogP) is 4.47. The van der Waals surface area contributed by atoms with Crippen LogP contribution in [0.25, 0.3) is 11.5 Å². The van der Waals surface area contributed by atoms with Gasteiger partial charge in [0.25, 0.3) is 11.8 Å². The molecule has 0 aliphatic carbocycles. The van der Waals surface area contributed by atoms with Gasteiger partial charge in [0.1, 0.15) is 11.6 Å². The summed E-state index contributed by atoms with van der Waals surface area (Å²) in [4.78, 5) is 15.4. The molecular weight excluding hydrogens is 451 g/mol. The number of aromatic nitrogens is 3. The average molecular weight is 461 g/mol. The largest absolute Gasteiger partial charge is 0.434 e. The first-order valence-electron chi connectivity index (χ1n) is 8.44. The quantitative estimate of drug-likeness (QED) is 0.318. The van der Waals surface area contributed by atoms with E-state index in [1.165, 1.54) is 0 Å².